The fourth-order valence-electron chi connectivity index (χ4n) is 8.45. The molecule has 0 aliphatic heterocycles. The number of hydrogen-bond donors (Lipinski definition) is 0. The van der Waals surface area contributed by atoms with E-state index in [0.29, 0.717) is 16.7 Å². The molecule has 0 N–H and O–H groups in total. The summed E-state index contributed by atoms with van der Waals surface area (Å²) < 4.78 is 6.73. The van der Waals surface area contributed by atoms with E-state index in [1.165, 1.54) is 75.0 Å². The van der Waals surface area contributed by atoms with Crippen molar-refractivity contribution < 1.29 is 24.5 Å². The van der Waals surface area contributed by atoms with Crippen molar-refractivity contribution in [2.45, 2.75) is 93.4 Å². The Morgan fingerprint density at radius 2 is 1.45 bits per heavy atom. The molecule has 4 heteroatoms. The zero-order valence-corrected chi connectivity index (χ0v) is 36.5. The number of aromatic nitrogens is 2. The van der Waals surface area contributed by atoms with Crippen LogP contribution in [-0.2, 0) is 26.5 Å². The normalized spacial score (nSPS) is 14.5. The molecule has 1 aliphatic rings. The maximum atomic E-state index is 6.73. The van der Waals surface area contributed by atoms with E-state index in [0.717, 1.165) is 50.9 Å². The monoisotopic (exact) mass is 913 g/mol. The van der Waals surface area contributed by atoms with Gasteiger partial charge in [0, 0.05) is 43.3 Å². The molecule has 0 spiro atoms. The minimum atomic E-state index is 0. The van der Waals surface area contributed by atoms with E-state index in [-0.39, 0.29) is 20.1 Å². The van der Waals surface area contributed by atoms with Gasteiger partial charge in [0.05, 0.1) is 5.58 Å². The van der Waals surface area contributed by atoms with Crippen LogP contribution < -0.4 is 0 Å². The molecule has 56 heavy (non-hydrogen) atoms. The van der Waals surface area contributed by atoms with Crippen molar-refractivity contribution >= 4 is 43.5 Å². The molecule has 1 radical (unpaired) electrons. The van der Waals surface area contributed by atoms with E-state index < -0.39 is 0 Å². The Hall–Kier alpha value is -4.63. The third kappa shape index (κ3) is 8.11. The summed E-state index contributed by atoms with van der Waals surface area (Å²) in [6, 6.07) is 38.9. The first-order valence-corrected chi connectivity index (χ1v) is 19.9. The van der Waals surface area contributed by atoms with Crippen LogP contribution in [0.2, 0.25) is 0 Å². The molecular weight excluding hydrogens is 861 g/mol. The Morgan fingerprint density at radius 1 is 0.732 bits per heavy atom. The quantitative estimate of drug-likeness (QED) is 0.130. The molecular formula is C52H52IrN2O-2. The van der Waals surface area contributed by atoms with E-state index in [4.69, 9.17) is 9.40 Å². The Kier molecular flexibility index (Phi) is 11.1. The van der Waals surface area contributed by atoms with Crippen LogP contribution in [0, 0.1) is 43.7 Å². The van der Waals surface area contributed by atoms with Crippen LogP contribution in [-0.4, -0.2) is 9.97 Å². The molecule has 3 aromatic heterocycles. The number of hydrogen-bond acceptors (Lipinski definition) is 3. The van der Waals surface area contributed by atoms with Gasteiger partial charge in [0.25, 0.3) is 0 Å². The minimum Gasteiger partial charge on any atom is -0.500 e. The summed E-state index contributed by atoms with van der Waals surface area (Å²) in [4.78, 5) is 9.47. The molecule has 9 rings (SSSR count). The fraction of sp³-hybridized carbons (Fsp3) is 0.308. The van der Waals surface area contributed by atoms with Gasteiger partial charge in [-0.05, 0) is 107 Å². The molecule has 1 saturated carbocycles. The summed E-state index contributed by atoms with van der Waals surface area (Å²) in [5.74, 6) is 0.602. The zero-order chi connectivity index (χ0) is 38.5. The third-order valence-electron chi connectivity index (χ3n) is 11.7. The number of fused-ring (bicyclic) bond motifs is 7. The smallest absolute Gasteiger partial charge is 0.129 e. The Bertz CT molecular complexity index is 2670. The largest absolute Gasteiger partial charge is 0.500 e. The summed E-state index contributed by atoms with van der Waals surface area (Å²) in [6.07, 6.45) is 10.2. The molecule has 1 fully saturated rings. The van der Waals surface area contributed by atoms with Gasteiger partial charge < -0.3 is 14.4 Å². The van der Waals surface area contributed by atoms with Gasteiger partial charge in [-0.25, -0.2) is 0 Å². The summed E-state index contributed by atoms with van der Waals surface area (Å²) in [7, 11) is 0. The van der Waals surface area contributed by atoms with Crippen LogP contribution in [0.5, 0.6) is 0 Å². The van der Waals surface area contributed by atoms with Gasteiger partial charge in [-0.15, -0.1) is 53.6 Å². The SMILES string of the molecule is Cc1c[c-]c(-c2cc(C)c(CC(C)(C)C)cn2)cc1.Cc1cnc(-c2[c-]ccc3c2oc2c3ccc3ccc4ccccc4c32)cc1C1CCC(C)(C)CC1.[Ir]. The topological polar surface area (TPSA) is 38.9 Å². The molecule has 287 valence electrons. The van der Waals surface area contributed by atoms with E-state index >= 15 is 0 Å². The first-order valence-electron chi connectivity index (χ1n) is 19.9. The average molecular weight is 913 g/mol. The first-order chi connectivity index (χ1) is 26.3. The number of pyridine rings is 2. The molecule has 5 aromatic carbocycles. The molecule has 8 aromatic rings. The van der Waals surface area contributed by atoms with Crippen LogP contribution in [0.15, 0.2) is 108 Å². The van der Waals surface area contributed by atoms with Crippen LogP contribution in [0.4, 0.5) is 0 Å². The summed E-state index contributed by atoms with van der Waals surface area (Å²) >= 11 is 0. The first kappa shape index (κ1) is 39.6. The van der Waals surface area contributed by atoms with Gasteiger partial charge in [0.2, 0.25) is 0 Å². The predicted octanol–water partition coefficient (Wildman–Crippen LogP) is 14.5. The second-order valence-corrected chi connectivity index (χ2v) is 17.9. The van der Waals surface area contributed by atoms with Gasteiger partial charge in [-0.1, -0.05) is 119 Å². The summed E-state index contributed by atoms with van der Waals surface area (Å²) in [6.45, 7) is 18.0. The number of rotatable bonds is 4. The van der Waals surface area contributed by atoms with Gasteiger partial charge in [0.1, 0.15) is 5.58 Å². The predicted molar refractivity (Wildman–Crippen MR) is 232 cm³/mol. The van der Waals surface area contributed by atoms with Gasteiger partial charge in [0.15, 0.2) is 0 Å². The molecule has 0 saturated heterocycles. The number of benzene rings is 5. The van der Waals surface area contributed by atoms with E-state index in [2.05, 4.69) is 151 Å². The summed E-state index contributed by atoms with van der Waals surface area (Å²) in [5, 5.41) is 7.09. The van der Waals surface area contributed by atoms with Gasteiger partial charge >= 0.3 is 0 Å². The second kappa shape index (κ2) is 15.7. The standard InChI is InChI=1S/C34H30NO.C18H22N.Ir/c1-21-20-35-30(19-29(21)23-15-17-34(2,3)18-16-23)28-10-6-9-26-27-14-13-24-12-11-22-7-4-5-8-25(22)31(24)33(27)36-32(26)28;1-13-6-8-15(9-7-13)17-10-14(2)16(12-19-17)11-18(3,4)5;/h4-9,11-14,19-20,23H,15-18H2,1-3H3;6-8,10,12H,11H2,1-5H3;/q2*-1;. The molecule has 0 unspecified atom stereocenters. The fourth-order valence-corrected chi connectivity index (χ4v) is 8.45. The van der Waals surface area contributed by atoms with E-state index in [1.807, 2.05) is 24.5 Å². The van der Waals surface area contributed by atoms with Crippen LogP contribution >= 0.6 is 0 Å². The maximum absolute atomic E-state index is 6.73. The average Bonchev–Trinajstić information content (AvgIpc) is 3.55. The third-order valence-corrected chi connectivity index (χ3v) is 11.7. The van der Waals surface area contributed by atoms with Crippen molar-refractivity contribution in [3.05, 3.63) is 143 Å². The summed E-state index contributed by atoms with van der Waals surface area (Å²) in [5.41, 5.74) is 13.2. The Labute approximate surface area is 346 Å². The Morgan fingerprint density at radius 3 is 2.18 bits per heavy atom. The van der Waals surface area contributed by atoms with Crippen molar-refractivity contribution in [3.8, 4) is 22.5 Å². The van der Waals surface area contributed by atoms with Crippen molar-refractivity contribution in [1.82, 2.24) is 9.97 Å². The van der Waals surface area contributed by atoms with Crippen molar-refractivity contribution in [2.75, 3.05) is 0 Å². The van der Waals surface area contributed by atoms with E-state index in [1.54, 1.807) is 0 Å². The van der Waals surface area contributed by atoms with Crippen LogP contribution in [0.1, 0.15) is 94.0 Å². The van der Waals surface area contributed by atoms with Gasteiger partial charge in [-0.3, -0.25) is 0 Å². The van der Waals surface area contributed by atoms with Crippen molar-refractivity contribution in [3.63, 3.8) is 0 Å². The van der Waals surface area contributed by atoms with E-state index in [9.17, 15) is 0 Å². The molecule has 0 bridgehead atoms. The number of nitrogens with zero attached hydrogens (tertiary/aromatic N) is 2. The molecule has 0 amide bonds. The zero-order valence-electron chi connectivity index (χ0n) is 34.1. The molecule has 1 aliphatic carbocycles. The van der Waals surface area contributed by atoms with Crippen molar-refractivity contribution in [2.24, 2.45) is 10.8 Å². The van der Waals surface area contributed by atoms with Crippen molar-refractivity contribution in [1.29, 1.82) is 0 Å². The minimum absolute atomic E-state index is 0. The second-order valence-electron chi connectivity index (χ2n) is 17.9. The van der Waals surface area contributed by atoms with Crippen LogP contribution in [0.3, 0.4) is 0 Å². The maximum Gasteiger partial charge on any atom is 0.129 e. The van der Waals surface area contributed by atoms with Gasteiger partial charge in [-0.2, -0.15) is 0 Å². The van der Waals surface area contributed by atoms with Crippen LogP contribution in [0.25, 0.3) is 66.0 Å². The number of aryl methyl sites for hydroxylation is 3. The molecule has 0 atom stereocenters. The molecule has 3 nitrogen and oxygen atoms in total. The Balaban J connectivity index is 0.000000205. The molecule has 3 heterocycles. The number of furan rings is 1.